The van der Waals surface area contributed by atoms with Gasteiger partial charge in [0, 0.05) is 5.92 Å². The molecule has 3 aromatic heterocycles. The molecule has 1 fully saturated rings. The highest BCUT2D eigenvalue weighted by Gasteiger charge is 2.38. The molecule has 34 heavy (non-hydrogen) atoms. The van der Waals surface area contributed by atoms with Gasteiger partial charge in [-0.2, -0.15) is 20.5 Å². The van der Waals surface area contributed by atoms with Gasteiger partial charge in [0.05, 0.1) is 15.9 Å². The number of carbonyl (C=O) groups excluding carboxylic acids is 1. The van der Waals surface area contributed by atoms with Gasteiger partial charge < -0.3 is 5.32 Å². The standard InChI is InChI=1S/C21H19N3O5S5/c25-20(14-5-1-2-6-14)23-21-22-16-10-9-15(13-17(16)32-21)24(33(26,27)18-7-3-11-30-18)34(28,29)19-8-4-12-31-19/h3-4,7-14H,1-2,5-6H2,(H,22,23,25). The van der Waals surface area contributed by atoms with Crippen LogP contribution in [0, 0.1) is 5.92 Å². The minimum atomic E-state index is -4.40. The third kappa shape index (κ3) is 4.26. The summed E-state index contributed by atoms with van der Waals surface area (Å²) < 4.78 is 54.7. The number of rotatable bonds is 7. The van der Waals surface area contributed by atoms with E-state index in [0.717, 1.165) is 48.4 Å². The fraction of sp³-hybridized carbons (Fsp3) is 0.238. The first-order chi connectivity index (χ1) is 16.3. The van der Waals surface area contributed by atoms with E-state index >= 15 is 0 Å². The molecule has 1 saturated carbocycles. The summed E-state index contributed by atoms with van der Waals surface area (Å²) in [6, 6.07) is 10.3. The number of thiophene rings is 2. The maximum Gasteiger partial charge on any atom is 0.287 e. The van der Waals surface area contributed by atoms with Gasteiger partial charge in [-0.1, -0.05) is 36.3 Å². The van der Waals surface area contributed by atoms with Gasteiger partial charge in [-0.3, -0.25) is 4.79 Å². The van der Waals surface area contributed by atoms with E-state index in [0.29, 0.717) is 19.1 Å². The van der Waals surface area contributed by atoms with Gasteiger partial charge in [-0.05, 0) is 53.9 Å². The predicted octanol–water partition coefficient (Wildman–Crippen LogP) is 5.13. The second kappa shape index (κ2) is 9.04. The summed E-state index contributed by atoms with van der Waals surface area (Å²) in [5, 5.41) is 6.41. The van der Waals surface area contributed by atoms with Crippen LogP contribution in [0.25, 0.3) is 10.2 Å². The molecule has 8 nitrogen and oxygen atoms in total. The SMILES string of the molecule is O=C(Nc1nc2ccc(N(S(=O)(=O)c3cccs3)S(=O)(=O)c3cccs3)cc2s1)C1CCCC1. The van der Waals surface area contributed by atoms with Crippen LogP contribution in [-0.4, -0.2) is 27.7 Å². The van der Waals surface area contributed by atoms with E-state index in [9.17, 15) is 21.6 Å². The second-order valence-electron chi connectivity index (χ2n) is 7.71. The molecule has 1 aliphatic carbocycles. The first-order valence-electron chi connectivity index (χ1n) is 10.4. The van der Waals surface area contributed by atoms with Crippen LogP contribution in [0.4, 0.5) is 10.8 Å². The average Bonchev–Trinajstić information content (AvgIpc) is 3.61. The molecule has 0 aliphatic heterocycles. The van der Waals surface area contributed by atoms with Crippen molar-refractivity contribution in [2.75, 3.05) is 9.03 Å². The van der Waals surface area contributed by atoms with Crippen molar-refractivity contribution < 1.29 is 21.6 Å². The van der Waals surface area contributed by atoms with Crippen LogP contribution in [0.1, 0.15) is 25.7 Å². The van der Waals surface area contributed by atoms with E-state index in [1.54, 1.807) is 29.0 Å². The zero-order valence-corrected chi connectivity index (χ0v) is 21.7. The molecule has 0 unspecified atom stereocenters. The van der Waals surface area contributed by atoms with Crippen molar-refractivity contribution in [2.24, 2.45) is 5.92 Å². The Morgan fingerprint density at radius 3 is 2.12 bits per heavy atom. The Hall–Kier alpha value is -2.32. The lowest BCUT2D eigenvalue weighted by Crippen LogP contribution is -2.36. The van der Waals surface area contributed by atoms with Crippen molar-refractivity contribution in [3.8, 4) is 0 Å². The number of hydrogen-bond donors (Lipinski definition) is 1. The van der Waals surface area contributed by atoms with Crippen LogP contribution in [0.2, 0.25) is 0 Å². The molecular weight excluding hydrogens is 535 g/mol. The van der Waals surface area contributed by atoms with Gasteiger partial charge in [0.15, 0.2) is 5.13 Å². The Kier molecular flexibility index (Phi) is 6.23. The topological polar surface area (TPSA) is 114 Å². The molecule has 1 N–H and O–H groups in total. The smallest absolute Gasteiger partial charge is 0.287 e. The minimum absolute atomic E-state index is 0.0216. The van der Waals surface area contributed by atoms with Gasteiger partial charge in [-0.15, -0.1) is 22.7 Å². The van der Waals surface area contributed by atoms with E-state index in [4.69, 9.17) is 0 Å². The number of anilines is 2. The molecule has 0 spiro atoms. The zero-order chi connectivity index (χ0) is 23.9. The predicted molar refractivity (Wildman–Crippen MR) is 136 cm³/mol. The van der Waals surface area contributed by atoms with Gasteiger partial charge in [0.1, 0.15) is 8.42 Å². The first-order valence-corrected chi connectivity index (χ1v) is 15.8. The zero-order valence-electron chi connectivity index (χ0n) is 17.6. The third-order valence-electron chi connectivity index (χ3n) is 5.47. The van der Waals surface area contributed by atoms with E-state index < -0.39 is 20.0 Å². The first kappa shape index (κ1) is 23.4. The molecule has 13 heteroatoms. The molecule has 1 aliphatic rings. The summed E-state index contributed by atoms with van der Waals surface area (Å²) in [6.07, 6.45) is 3.79. The van der Waals surface area contributed by atoms with Crippen molar-refractivity contribution in [3.05, 3.63) is 53.2 Å². The largest absolute Gasteiger partial charge is 0.302 e. The van der Waals surface area contributed by atoms with Crippen LogP contribution in [0.15, 0.2) is 61.6 Å². The lowest BCUT2D eigenvalue weighted by atomic mass is 10.1. The molecule has 3 heterocycles. The molecule has 4 aromatic rings. The van der Waals surface area contributed by atoms with Crippen molar-refractivity contribution >= 4 is 81.0 Å². The molecule has 0 bridgehead atoms. The summed E-state index contributed by atoms with van der Waals surface area (Å²) in [5.41, 5.74) is 0.518. The Morgan fingerprint density at radius 1 is 0.941 bits per heavy atom. The van der Waals surface area contributed by atoms with Crippen LogP contribution in [0.3, 0.4) is 0 Å². The number of hydrogen-bond acceptors (Lipinski definition) is 9. The number of nitrogens with one attached hydrogen (secondary N) is 1. The molecule has 5 rings (SSSR count). The number of amides is 1. The molecule has 1 aromatic carbocycles. The quantitative estimate of drug-likeness (QED) is 0.339. The number of benzene rings is 1. The van der Waals surface area contributed by atoms with Crippen LogP contribution < -0.4 is 9.03 Å². The van der Waals surface area contributed by atoms with Crippen molar-refractivity contribution in [3.63, 3.8) is 0 Å². The summed E-state index contributed by atoms with van der Waals surface area (Å²) >= 11 is 3.07. The second-order valence-corrected chi connectivity index (χ2v) is 14.9. The summed E-state index contributed by atoms with van der Waals surface area (Å²) in [7, 11) is -8.80. The molecule has 0 saturated heterocycles. The van der Waals surface area contributed by atoms with E-state index in [-0.39, 0.29) is 25.9 Å². The maximum atomic E-state index is 13.5. The normalized spacial score (nSPS) is 15.1. The molecule has 0 atom stereocenters. The van der Waals surface area contributed by atoms with Crippen molar-refractivity contribution in [1.29, 1.82) is 0 Å². The number of thiazole rings is 1. The van der Waals surface area contributed by atoms with Crippen LogP contribution in [-0.2, 0) is 24.8 Å². The molecule has 1 amide bonds. The average molecular weight is 554 g/mol. The minimum Gasteiger partial charge on any atom is -0.302 e. The highest BCUT2D eigenvalue weighted by molar-refractivity contribution is 8.11. The lowest BCUT2D eigenvalue weighted by Gasteiger charge is -2.22. The fourth-order valence-electron chi connectivity index (χ4n) is 3.87. The number of fused-ring (bicyclic) bond motifs is 1. The van der Waals surface area contributed by atoms with Gasteiger partial charge in [0.2, 0.25) is 5.91 Å². The van der Waals surface area contributed by atoms with E-state index in [1.165, 1.54) is 35.6 Å². The van der Waals surface area contributed by atoms with Crippen LogP contribution >= 0.6 is 34.0 Å². The Bertz CT molecular complexity index is 1470. The third-order valence-corrected chi connectivity index (χ3v) is 13.3. The summed E-state index contributed by atoms with van der Waals surface area (Å²) in [6.45, 7) is 0. The number of aromatic nitrogens is 1. The van der Waals surface area contributed by atoms with Gasteiger partial charge >= 0.3 is 0 Å². The number of nitrogens with zero attached hydrogens (tertiary/aromatic N) is 2. The maximum absolute atomic E-state index is 13.5. The monoisotopic (exact) mass is 553 g/mol. The number of sulfonamides is 2. The molecule has 0 radical (unpaired) electrons. The van der Waals surface area contributed by atoms with Gasteiger partial charge in [0.25, 0.3) is 20.0 Å². The Labute approximate surface area is 209 Å². The molecule has 178 valence electrons. The summed E-state index contributed by atoms with van der Waals surface area (Å²) in [5.74, 6) is -0.0936. The van der Waals surface area contributed by atoms with Crippen LogP contribution in [0.5, 0.6) is 0 Å². The lowest BCUT2D eigenvalue weighted by molar-refractivity contribution is -0.119. The summed E-state index contributed by atoms with van der Waals surface area (Å²) in [4.78, 5) is 16.9. The van der Waals surface area contributed by atoms with Crippen molar-refractivity contribution in [1.82, 2.24) is 4.98 Å². The fourth-order valence-corrected chi connectivity index (χ4v) is 10.8. The number of carbonyl (C=O) groups is 1. The highest BCUT2D eigenvalue weighted by atomic mass is 32.3. The van der Waals surface area contributed by atoms with Gasteiger partial charge in [-0.25, -0.2) is 4.98 Å². The van der Waals surface area contributed by atoms with E-state index in [2.05, 4.69) is 10.3 Å². The Morgan fingerprint density at radius 2 is 1.56 bits per heavy atom. The molecular formula is C21H19N3O5S5. The Balaban J connectivity index is 1.56. The highest BCUT2D eigenvalue weighted by Crippen LogP contribution is 2.37. The van der Waals surface area contributed by atoms with Crippen molar-refractivity contribution in [2.45, 2.75) is 34.1 Å². The van der Waals surface area contributed by atoms with E-state index in [1.807, 2.05) is 0 Å².